The number of ketones is 1. The van der Waals surface area contributed by atoms with Gasteiger partial charge in [0.15, 0.2) is 5.78 Å². The number of hydrogen-bond acceptors (Lipinski definition) is 3. The molecule has 0 bridgehead atoms. The second-order valence-electron chi connectivity index (χ2n) is 6.31. The predicted molar refractivity (Wildman–Crippen MR) is 112 cm³/mol. The molecule has 0 aromatic heterocycles. The highest BCUT2D eigenvalue weighted by atomic mass is 32.2. The van der Waals surface area contributed by atoms with E-state index in [0.29, 0.717) is 10.9 Å². The van der Waals surface area contributed by atoms with Gasteiger partial charge in [0.2, 0.25) is 0 Å². The number of carbonyl (C=O) groups is 1. The minimum Gasteiger partial charge on any atom is -0.507 e. The van der Waals surface area contributed by atoms with Crippen molar-refractivity contribution >= 4 is 28.3 Å². The summed E-state index contributed by atoms with van der Waals surface area (Å²) in [6.45, 7) is 1.51. The molecule has 0 saturated heterocycles. The topological polar surface area (TPSA) is 37.3 Å². The summed E-state index contributed by atoms with van der Waals surface area (Å²) >= 11 is 1.62. The molecule has 1 N–H and O–H groups in total. The number of phenols is 1. The zero-order valence-corrected chi connectivity index (χ0v) is 15.7. The van der Waals surface area contributed by atoms with E-state index in [1.807, 2.05) is 72.8 Å². The van der Waals surface area contributed by atoms with Crippen LogP contribution in [0.5, 0.6) is 5.75 Å². The zero-order chi connectivity index (χ0) is 18.8. The Balaban J connectivity index is 2.12. The summed E-state index contributed by atoms with van der Waals surface area (Å²) in [5.74, 6) is -0.0959. The summed E-state index contributed by atoms with van der Waals surface area (Å²) in [5, 5.41) is 12.6. The van der Waals surface area contributed by atoms with Crippen LogP contribution in [0.25, 0.3) is 21.9 Å². The number of Topliss-reactive ketones (excluding diaryl/α,β-unsaturated/α-hetero) is 1. The number of aromatic hydroxyl groups is 1. The summed E-state index contributed by atoms with van der Waals surface area (Å²) in [4.78, 5) is 14.6. The van der Waals surface area contributed by atoms with Crippen molar-refractivity contribution in [1.82, 2.24) is 0 Å². The van der Waals surface area contributed by atoms with Gasteiger partial charge in [-0.1, -0.05) is 84.6 Å². The van der Waals surface area contributed by atoms with Gasteiger partial charge in [-0.3, -0.25) is 4.79 Å². The molecular formula is C24H18O2S. The van der Waals surface area contributed by atoms with Gasteiger partial charge in [-0.05, 0) is 30.0 Å². The van der Waals surface area contributed by atoms with Crippen molar-refractivity contribution in [3.05, 3.63) is 90.5 Å². The highest BCUT2D eigenvalue weighted by Gasteiger charge is 2.23. The summed E-state index contributed by atoms with van der Waals surface area (Å²) in [6, 6.07) is 27.6. The van der Waals surface area contributed by atoms with E-state index in [1.165, 1.54) is 6.92 Å². The number of rotatable bonds is 4. The van der Waals surface area contributed by atoms with Gasteiger partial charge in [0.25, 0.3) is 0 Å². The van der Waals surface area contributed by atoms with E-state index in [0.717, 1.165) is 26.3 Å². The van der Waals surface area contributed by atoms with Gasteiger partial charge in [-0.25, -0.2) is 0 Å². The molecule has 27 heavy (non-hydrogen) atoms. The lowest BCUT2D eigenvalue weighted by Crippen LogP contribution is -2.00. The highest BCUT2D eigenvalue weighted by molar-refractivity contribution is 7.99. The van der Waals surface area contributed by atoms with Crippen LogP contribution >= 0.6 is 11.8 Å². The smallest absolute Gasteiger partial charge is 0.164 e. The molecule has 0 fully saturated rings. The average molecular weight is 370 g/mol. The van der Waals surface area contributed by atoms with Crippen molar-refractivity contribution in [3.8, 4) is 16.9 Å². The van der Waals surface area contributed by atoms with E-state index >= 15 is 0 Å². The monoisotopic (exact) mass is 370 g/mol. The van der Waals surface area contributed by atoms with Gasteiger partial charge in [-0.2, -0.15) is 0 Å². The lowest BCUT2D eigenvalue weighted by molar-refractivity contribution is 0.101. The molecule has 0 aliphatic carbocycles. The van der Waals surface area contributed by atoms with Crippen LogP contribution < -0.4 is 0 Å². The Morgan fingerprint density at radius 2 is 1.33 bits per heavy atom. The Bertz CT molecular complexity index is 1120. The van der Waals surface area contributed by atoms with Crippen molar-refractivity contribution in [2.24, 2.45) is 0 Å². The van der Waals surface area contributed by atoms with E-state index in [4.69, 9.17) is 0 Å². The quantitative estimate of drug-likeness (QED) is 0.413. The minimum absolute atomic E-state index is 0.0503. The molecule has 0 aliphatic rings. The lowest BCUT2D eigenvalue weighted by Gasteiger charge is -2.19. The first kappa shape index (κ1) is 17.4. The van der Waals surface area contributed by atoms with Gasteiger partial charge in [0.1, 0.15) is 5.75 Å². The number of fused-ring (bicyclic) bond motifs is 1. The van der Waals surface area contributed by atoms with Gasteiger partial charge in [0, 0.05) is 20.7 Å². The molecular weight excluding hydrogens is 352 g/mol. The maximum absolute atomic E-state index is 12.5. The normalized spacial score (nSPS) is 10.9. The van der Waals surface area contributed by atoms with Crippen LogP contribution in [0.2, 0.25) is 0 Å². The lowest BCUT2D eigenvalue weighted by atomic mass is 9.92. The molecule has 0 spiro atoms. The van der Waals surface area contributed by atoms with Crippen LogP contribution in [0.4, 0.5) is 0 Å². The van der Waals surface area contributed by atoms with Crippen LogP contribution in [0.1, 0.15) is 17.3 Å². The van der Waals surface area contributed by atoms with Gasteiger partial charge >= 0.3 is 0 Å². The Morgan fingerprint density at radius 3 is 1.96 bits per heavy atom. The Labute approximate surface area is 162 Å². The first-order chi connectivity index (χ1) is 13.2. The molecule has 2 nitrogen and oxygen atoms in total. The van der Waals surface area contributed by atoms with Crippen LogP contribution in [0.15, 0.2) is 94.7 Å². The summed E-state index contributed by atoms with van der Waals surface area (Å²) in [7, 11) is 0. The van der Waals surface area contributed by atoms with Crippen molar-refractivity contribution in [1.29, 1.82) is 0 Å². The first-order valence-corrected chi connectivity index (χ1v) is 9.55. The van der Waals surface area contributed by atoms with E-state index < -0.39 is 0 Å². The fourth-order valence-electron chi connectivity index (χ4n) is 3.32. The molecule has 4 rings (SSSR count). The molecule has 0 heterocycles. The van der Waals surface area contributed by atoms with Gasteiger partial charge in [0.05, 0.1) is 5.56 Å². The van der Waals surface area contributed by atoms with E-state index in [9.17, 15) is 9.90 Å². The number of hydrogen-bond donors (Lipinski definition) is 1. The second kappa shape index (κ2) is 7.29. The van der Waals surface area contributed by atoms with Crippen LogP contribution in [-0.4, -0.2) is 10.9 Å². The molecule has 0 amide bonds. The predicted octanol–water partition coefficient (Wildman–Crippen LogP) is 6.57. The zero-order valence-electron chi connectivity index (χ0n) is 14.8. The summed E-state index contributed by atoms with van der Waals surface area (Å²) < 4.78 is 0. The van der Waals surface area contributed by atoms with Crippen LogP contribution in [0.3, 0.4) is 0 Å². The van der Waals surface area contributed by atoms with E-state index in [2.05, 4.69) is 12.1 Å². The Hall–Kier alpha value is -3.04. The fourth-order valence-corrected chi connectivity index (χ4v) is 4.46. The Kier molecular flexibility index (Phi) is 4.69. The molecule has 0 saturated carbocycles. The molecule has 0 aliphatic heterocycles. The summed E-state index contributed by atoms with van der Waals surface area (Å²) in [6.07, 6.45) is 0. The van der Waals surface area contributed by atoms with Crippen molar-refractivity contribution < 1.29 is 9.90 Å². The van der Waals surface area contributed by atoms with Crippen LogP contribution in [-0.2, 0) is 0 Å². The number of phenolic OH excluding ortho intramolecular Hbond substituents is 1. The molecule has 132 valence electrons. The van der Waals surface area contributed by atoms with Crippen molar-refractivity contribution in [3.63, 3.8) is 0 Å². The van der Waals surface area contributed by atoms with Gasteiger partial charge < -0.3 is 5.11 Å². The maximum atomic E-state index is 12.5. The number of benzene rings is 4. The highest BCUT2D eigenvalue weighted by Crippen LogP contribution is 2.47. The third kappa shape index (κ3) is 3.22. The molecule has 0 atom stereocenters. The molecule has 0 unspecified atom stereocenters. The SMILES string of the molecule is CC(=O)c1c(-c2ccccc2)c(Sc2ccccc2)c2ccccc2c1O. The maximum Gasteiger partial charge on any atom is 0.164 e. The van der Waals surface area contributed by atoms with E-state index in [1.54, 1.807) is 11.8 Å². The number of carbonyl (C=O) groups excluding carboxylic acids is 1. The fraction of sp³-hybridized carbons (Fsp3) is 0.0417. The molecule has 4 aromatic rings. The largest absolute Gasteiger partial charge is 0.507 e. The standard InChI is InChI=1S/C24H18O2S/c1-16(25)21-22(17-10-4-2-5-11-17)24(27-18-12-6-3-7-13-18)20-15-9-8-14-19(20)23(21)26/h2-15,26H,1H3. The third-order valence-corrected chi connectivity index (χ3v) is 5.65. The van der Waals surface area contributed by atoms with E-state index in [-0.39, 0.29) is 11.5 Å². The first-order valence-electron chi connectivity index (χ1n) is 8.73. The summed E-state index contributed by atoms with van der Waals surface area (Å²) in [5.41, 5.74) is 2.08. The van der Waals surface area contributed by atoms with Crippen LogP contribution in [0, 0.1) is 0 Å². The molecule has 4 aromatic carbocycles. The van der Waals surface area contributed by atoms with Crippen molar-refractivity contribution in [2.45, 2.75) is 16.7 Å². The molecule has 0 radical (unpaired) electrons. The second-order valence-corrected chi connectivity index (χ2v) is 7.39. The minimum atomic E-state index is -0.146. The third-order valence-electron chi connectivity index (χ3n) is 4.52. The Morgan fingerprint density at radius 1 is 0.778 bits per heavy atom. The van der Waals surface area contributed by atoms with Gasteiger partial charge in [-0.15, -0.1) is 0 Å². The van der Waals surface area contributed by atoms with Crippen molar-refractivity contribution in [2.75, 3.05) is 0 Å². The average Bonchev–Trinajstić information content (AvgIpc) is 2.71. The molecule has 3 heteroatoms.